The zero-order valence-electron chi connectivity index (χ0n) is 4.87. The smallest absolute Gasteiger partial charge is 0.544 e. The van der Waals surface area contributed by atoms with Crippen molar-refractivity contribution in [2.45, 2.75) is 12.3 Å². The molecule has 0 atom stereocenters. The van der Waals surface area contributed by atoms with Crippen molar-refractivity contribution in [3.8, 4) is 0 Å². The van der Waals surface area contributed by atoms with E-state index in [0.717, 1.165) is 6.08 Å². The average Bonchev–Trinajstić information content (AvgIpc) is 1.65. The molecule has 0 heterocycles. The number of rotatable bonds is 3. The van der Waals surface area contributed by atoms with Gasteiger partial charge in [0.2, 0.25) is 0 Å². The van der Waals surface area contributed by atoms with E-state index in [4.69, 9.17) is 0 Å². The maximum Gasteiger partial charge on any atom is 1.00 e. The van der Waals surface area contributed by atoms with Crippen molar-refractivity contribution in [1.82, 2.24) is 0 Å². The van der Waals surface area contributed by atoms with Gasteiger partial charge in [0.05, 0.1) is 0 Å². The molecule has 0 aliphatic heterocycles. The van der Waals surface area contributed by atoms with Gasteiger partial charge in [-0.05, 0) is 0 Å². The standard InChI is InChI=1S/C5H6F2O2.Ag/c1-2-3-5(6,7)4(8)9;/h2H,1,3H2,(H,8,9);/q;+1/p-1. The van der Waals surface area contributed by atoms with Gasteiger partial charge in [0.1, 0.15) is 5.97 Å². The summed E-state index contributed by atoms with van der Waals surface area (Å²) in [7, 11) is 0. The summed E-state index contributed by atoms with van der Waals surface area (Å²) in [4.78, 5) is 9.50. The van der Waals surface area contributed by atoms with Crippen molar-refractivity contribution in [2.75, 3.05) is 0 Å². The van der Waals surface area contributed by atoms with Crippen LogP contribution in [0.5, 0.6) is 0 Å². The molecule has 0 aliphatic rings. The summed E-state index contributed by atoms with van der Waals surface area (Å²) >= 11 is 0. The third-order valence-corrected chi connectivity index (χ3v) is 0.699. The molecule has 0 radical (unpaired) electrons. The molecule has 0 amide bonds. The summed E-state index contributed by atoms with van der Waals surface area (Å²) in [5, 5.41) is 9.50. The fourth-order valence-electron chi connectivity index (χ4n) is 0.265. The number of aliphatic carboxylic acids is 1. The number of carbonyl (C=O) groups is 1. The average molecular weight is 243 g/mol. The zero-order chi connectivity index (χ0) is 7.49. The normalized spacial score (nSPS) is 9.80. The Kier molecular flexibility index (Phi) is 5.74. The van der Waals surface area contributed by atoms with Gasteiger partial charge in [0, 0.05) is 6.42 Å². The molecule has 62 valence electrons. The topological polar surface area (TPSA) is 40.1 Å². The molecule has 5 heteroatoms. The molecule has 0 aromatic carbocycles. The fourth-order valence-corrected chi connectivity index (χ4v) is 0.265. The van der Waals surface area contributed by atoms with Gasteiger partial charge in [-0.15, -0.1) is 6.58 Å². The minimum absolute atomic E-state index is 0. The van der Waals surface area contributed by atoms with Crippen LogP contribution < -0.4 is 5.11 Å². The van der Waals surface area contributed by atoms with Crippen molar-refractivity contribution in [2.24, 2.45) is 0 Å². The van der Waals surface area contributed by atoms with E-state index in [9.17, 15) is 18.7 Å². The molecule has 10 heavy (non-hydrogen) atoms. The van der Waals surface area contributed by atoms with E-state index in [2.05, 4.69) is 6.58 Å². The molecule has 0 aliphatic carbocycles. The van der Waals surface area contributed by atoms with Crippen LogP contribution in [0.2, 0.25) is 0 Å². The van der Waals surface area contributed by atoms with E-state index < -0.39 is 18.3 Å². The Hall–Kier alpha value is -0.190. The maximum atomic E-state index is 11.8. The first-order valence-corrected chi connectivity index (χ1v) is 2.21. The number of carboxylic acids is 1. The summed E-state index contributed by atoms with van der Waals surface area (Å²) in [5.74, 6) is -6.12. The van der Waals surface area contributed by atoms with E-state index in [1.165, 1.54) is 0 Å². The van der Waals surface area contributed by atoms with Gasteiger partial charge < -0.3 is 9.90 Å². The molecule has 0 bridgehead atoms. The van der Waals surface area contributed by atoms with Gasteiger partial charge >= 0.3 is 22.4 Å². The van der Waals surface area contributed by atoms with Gasteiger partial charge in [0.15, 0.2) is 0 Å². The summed E-state index contributed by atoms with van der Waals surface area (Å²) in [6.45, 7) is 2.96. The minimum atomic E-state index is -3.76. The predicted molar refractivity (Wildman–Crippen MR) is 24.8 cm³/mol. The van der Waals surface area contributed by atoms with Gasteiger partial charge in [-0.1, -0.05) is 6.08 Å². The number of carboxylic acid groups (broad SMARTS) is 1. The zero-order valence-corrected chi connectivity index (χ0v) is 6.35. The maximum absolute atomic E-state index is 11.8. The second-order valence-electron chi connectivity index (χ2n) is 1.48. The van der Waals surface area contributed by atoms with Gasteiger partial charge in [-0.25, -0.2) is 0 Å². The molecule has 2 nitrogen and oxygen atoms in total. The Morgan fingerprint density at radius 2 is 2.10 bits per heavy atom. The van der Waals surface area contributed by atoms with E-state index in [1.54, 1.807) is 0 Å². The van der Waals surface area contributed by atoms with Crippen LogP contribution >= 0.6 is 0 Å². The van der Waals surface area contributed by atoms with Crippen LogP contribution in [0, 0.1) is 0 Å². The van der Waals surface area contributed by atoms with Crippen LogP contribution in [0.4, 0.5) is 8.78 Å². The van der Waals surface area contributed by atoms with E-state index in [0.29, 0.717) is 0 Å². The van der Waals surface area contributed by atoms with Crippen molar-refractivity contribution in [3.63, 3.8) is 0 Å². The molecule has 0 fully saturated rings. The van der Waals surface area contributed by atoms with E-state index in [-0.39, 0.29) is 22.4 Å². The monoisotopic (exact) mass is 242 g/mol. The quantitative estimate of drug-likeness (QED) is 0.514. The van der Waals surface area contributed by atoms with Crippen LogP contribution in [0.15, 0.2) is 12.7 Å². The Bertz CT molecular complexity index is 136. The summed E-state index contributed by atoms with van der Waals surface area (Å²) < 4.78 is 23.6. The van der Waals surface area contributed by atoms with E-state index in [1.807, 2.05) is 0 Å². The van der Waals surface area contributed by atoms with Crippen LogP contribution in [0.3, 0.4) is 0 Å². The number of carbonyl (C=O) groups excluding carboxylic acids is 1. The SMILES string of the molecule is C=CCC(F)(F)C(=O)[O-].[Ag+]. The molecule has 0 aromatic heterocycles. The molecule has 0 saturated heterocycles. The second kappa shape index (κ2) is 4.60. The van der Waals surface area contributed by atoms with Crippen molar-refractivity contribution in [3.05, 3.63) is 12.7 Å². The minimum Gasteiger partial charge on any atom is -0.544 e. The van der Waals surface area contributed by atoms with Crippen LogP contribution in [-0.4, -0.2) is 11.9 Å². The van der Waals surface area contributed by atoms with Crippen molar-refractivity contribution >= 4 is 5.97 Å². The molecule has 0 N–H and O–H groups in total. The Morgan fingerprint density at radius 1 is 1.70 bits per heavy atom. The Morgan fingerprint density at radius 3 is 2.20 bits per heavy atom. The first kappa shape index (κ1) is 12.5. The first-order valence-electron chi connectivity index (χ1n) is 2.21. The Labute approximate surface area is 72.4 Å². The van der Waals surface area contributed by atoms with Crippen molar-refractivity contribution in [1.29, 1.82) is 0 Å². The summed E-state index contributed by atoms with van der Waals surface area (Å²) in [6.07, 6.45) is -0.0505. The Balaban J connectivity index is 0. The first-order chi connectivity index (χ1) is 4.00. The van der Waals surface area contributed by atoms with Crippen LogP contribution in [0.25, 0.3) is 0 Å². The number of hydrogen-bond donors (Lipinski definition) is 0. The van der Waals surface area contributed by atoms with Gasteiger partial charge in [-0.3, -0.25) is 0 Å². The number of hydrogen-bond acceptors (Lipinski definition) is 2. The summed E-state index contributed by atoms with van der Waals surface area (Å²) in [5.41, 5.74) is 0. The molecule has 0 saturated carbocycles. The third kappa shape index (κ3) is 3.76. The predicted octanol–water partition coefficient (Wildman–Crippen LogP) is -0.0548. The number of allylic oxidation sites excluding steroid dienone is 1. The van der Waals surface area contributed by atoms with Crippen LogP contribution in [0.1, 0.15) is 6.42 Å². The number of halogens is 2. The largest absolute Gasteiger partial charge is 1.00 e. The molecular weight excluding hydrogens is 238 g/mol. The molecule has 0 aromatic rings. The van der Waals surface area contributed by atoms with Crippen LogP contribution in [-0.2, 0) is 27.2 Å². The van der Waals surface area contributed by atoms with Gasteiger partial charge in [-0.2, -0.15) is 8.78 Å². The third-order valence-electron chi connectivity index (χ3n) is 0.699. The molecular formula is C5H5AgF2O2. The van der Waals surface area contributed by atoms with E-state index >= 15 is 0 Å². The van der Waals surface area contributed by atoms with Crippen molar-refractivity contribution < 1.29 is 41.1 Å². The molecule has 0 rings (SSSR count). The summed E-state index contributed by atoms with van der Waals surface area (Å²) in [6, 6.07) is 0. The fraction of sp³-hybridized carbons (Fsp3) is 0.400. The number of alkyl halides is 2. The molecule has 0 unspecified atom stereocenters. The second-order valence-corrected chi connectivity index (χ2v) is 1.48. The molecule has 0 spiro atoms. The van der Waals surface area contributed by atoms with Gasteiger partial charge in [0.25, 0.3) is 5.92 Å².